The van der Waals surface area contributed by atoms with Gasteiger partial charge in [-0.05, 0) is 5.92 Å². The molecule has 0 aromatic rings. The molecule has 9 heavy (non-hydrogen) atoms. The summed E-state index contributed by atoms with van der Waals surface area (Å²) in [7, 11) is 0. The summed E-state index contributed by atoms with van der Waals surface area (Å²) in [5.74, 6) is 1.04. The van der Waals surface area contributed by atoms with E-state index >= 15 is 0 Å². The van der Waals surface area contributed by atoms with Crippen LogP contribution in [-0.4, -0.2) is 0 Å². The van der Waals surface area contributed by atoms with Crippen LogP contribution in [-0.2, 0) is 0 Å². The zero-order valence-corrected chi connectivity index (χ0v) is 6.11. The molecule has 0 radical (unpaired) electrons. The van der Waals surface area contributed by atoms with Gasteiger partial charge in [-0.1, -0.05) is 39.0 Å². The number of hydrogen-bond donors (Lipinski definition) is 2. The zero-order valence-electron chi connectivity index (χ0n) is 6.11. The minimum absolute atomic E-state index is 1.04. The van der Waals surface area contributed by atoms with Crippen LogP contribution in [0.3, 0.4) is 0 Å². The van der Waals surface area contributed by atoms with E-state index in [4.69, 9.17) is 11.1 Å². The van der Waals surface area contributed by atoms with Crippen LogP contribution in [0.15, 0.2) is 0 Å². The van der Waals surface area contributed by atoms with Crippen molar-refractivity contribution in [3.05, 3.63) is 0 Å². The van der Waals surface area contributed by atoms with Crippen LogP contribution >= 0.6 is 0 Å². The Morgan fingerprint density at radius 1 is 1.00 bits per heavy atom. The Bertz CT molecular complexity index is 57.9. The summed E-state index contributed by atoms with van der Waals surface area (Å²) in [5.41, 5.74) is 10.0. The fourth-order valence-electron chi connectivity index (χ4n) is 1.31. The maximum absolute atomic E-state index is 5.00. The summed E-state index contributed by atoms with van der Waals surface area (Å²) in [6.45, 7) is 2.36. The molecule has 1 rings (SSSR count). The van der Waals surface area contributed by atoms with Gasteiger partial charge in [0.15, 0.2) is 0 Å². The third-order valence-electron chi connectivity index (χ3n) is 1.89. The molecule has 0 amide bonds. The molecule has 2 N–H and O–H groups in total. The highest BCUT2D eigenvalue weighted by Gasteiger charge is 2.05. The normalized spacial score (nSPS) is 20.1. The van der Waals surface area contributed by atoms with Crippen LogP contribution in [0.25, 0.3) is 0 Å². The lowest BCUT2D eigenvalue weighted by Gasteiger charge is -2.15. The average Bonchev–Trinajstić information content (AvgIpc) is 1.94. The second-order valence-electron chi connectivity index (χ2n) is 2.74. The molecular weight excluding hydrogens is 112 g/mol. The summed E-state index contributed by atoms with van der Waals surface area (Å²) >= 11 is 0. The van der Waals surface area contributed by atoms with Gasteiger partial charge in [-0.2, -0.15) is 0 Å². The van der Waals surface area contributed by atoms with Gasteiger partial charge in [0.25, 0.3) is 0 Å². The van der Waals surface area contributed by atoms with Crippen LogP contribution in [0.1, 0.15) is 39.0 Å². The third-order valence-corrected chi connectivity index (χ3v) is 1.89. The first-order valence-corrected chi connectivity index (χ1v) is 3.64. The fourth-order valence-corrected chi connectivity index (χ4v) is 1.31. The van der Waals surface area contributed by atoms with Gasteiger partial charge in [0.2, 0.25) is 0 Å². The Hall–Kier alpha value is -0.400. The van der Waals surface area contributed by atoms with Crippen LogP contribution < -0.4 is 0 Å². The molecule has 54 valence electrons. The zero-order chi connectivity index (χ0) is 7.11. The molecule has 0 aromatic carbocycles. The van der Waals surface area contributed by atoms with E-state index in [1.165, 1.54) is 32.1 Å². The lowest BCUT2D eigenvalue weighted by atomic mass is 9.91. The summed E-state index contributed by atoms with van der Waals surface area (Å²) < 4.78 is 0. The summed E-state index contributed by atoms with van der Waals surface area (Å²) in [6.07, 6.45) is 7.44. The van der Waals surface area contributed by atoms with Crippen molar-refractivity contribution in [1.29, 1.82) is 11.1 Å². The van der Waals surface area contributed by atoms with E-state index in [0.29, 0.717) is 0 Å². The molecule has 0 aromatic heterocycles. The summed E-state index contributed by atoms with van der Waals surface area (Å²) in [5, 5.41) is 0. The predicted octanol–water partition coefficient (Wildman–Crippen LogP) is 3.18. The second kappa shape index (κ2) is 5.73. The molecule has 1 aliphatic carbocycles. The number of rotatable bonds is 0. The monoisotopic (exact) mass is 128 g/mol. The van der Waals surface area contributed by atoms with Crippen molar-refractivity contribution in [1.82, 2.24) is 0 Å². The van der Waals surface area contributed by atoms with Gasteiger partial charge in [0.05, 0.1) is 0 Å². The van der Waals surface area contributed by atoms with Crippen molar-refractivity contribution in [3.8, 4) is 0 Å². The molecule has 0 heterocycles. The molecule has 1 saturated carbocycles. The summed E-state index contributed by atoms with van der Waals surface area (Å²) in [4.78, 5) is 0. The lowest BCUT2D eigenvalue weighted by molar-refractivity contribution is 0.385. The summed E-state index contributed by atoms with van der Waals surface area (Å²) in [6, 6.07) is 0. The Labute approximate surface area is 57.0 Å². The van der Waals surface area contributed by atoms with Gasteiger partial charge in [0.1, 0.15) is 0 Å². The first-order valence-electron chi connectivity index (χ1n) is 3.64. The second-order valence-corrected chi connectivity index (χ2v) is 2.74. The minimum Gasteiger partial charge on any atom is -0.213 e. The molecule has 0 bridgehead atoms. The maximum atomic E-state index is 5.00. The molecule has 2 nitrogen and oxygen atoms in total. The van der Waals surface area contributed by atoms with Crippen molar-refractivity contribution >= 4 is 0 Å². The third kappa shape index (κ3) is 4.13. The van der Waals surface area contributed by atoms with E-state index < -0.39 is 0 Å². The van der Waals surface area contributed by atoms with E-state index in [1.54, 1.807) is 0 Å². The maximum Gasteiger partial charge on any atom is -0.0443 e. The molecule has 2 heteroatoms. The van der Waals surface area contributed by atoms with Crippen molar-refractivity contribution in [2.24, 2.45) is 5.92 Å². The van der Waals surface area contributed by atoms with E-state index in [0.717, 1.165) is 5.92 Å². The predicted molar refractivity (Wildman–Crippen MR) is 37.7 cm³/mol. The molecule has 0 spiro atoms. The fraction of sp³-hybridized carbons (Fsp3) is 1.00. The topological polar surface area (TPSA) is 47.7 Å². The molecule has 1 fully saturated rings. The van der Waals surface area contributed by atoms with Gasteiger partial charge in [0, 0.05) is 0 Å². The van der Waals surface area contributed by atoms with Crippen molar-refractivity contribution in [2.45, 2.75) is 39.0 Å². The number of hydrogen-bond acceptors (Lipinski definition) is 2. The van der Waals surface area contributed by atoms with E-state index in [2.05, 4.69) is 6.92 Å². The minimum atomic E-state index is 1.04. The Balaban J connectivity index is 0.000000291. The molecular formula is C7H16N2. The molecule has 0 saturated heterocycles. The highest BCUT2D eigenvalue weighted by atomic mass is 14.7. The Kier molecular flexibility index (Phi) is 5.48. The molecule has 1 aliphatic rings. The molecule has 0 aliphatic heterocycles. The highest BCUT2D eigenvalue weighted by molar-refractivity contribution is 4.59. The SMILES string of the molecule is CC1CCCCC1.N=N. The lowest BCUT2D eigenvalue weighted by Crippen LogP contribution is -1.99. The van der Waals surface area contributed by atoms with Gasteiger partial charge >= 0.3 is 0 Å². The average molecular weight is 128 g/mol. The van der Waals surface area contributed by atoms with Gasteiger partial charge in [-0.3, -0.25) is 0 Å². The van der Waals surface area contributed by atoms with Crippen molar-refractivity contribution in [3.63, 3.8) is 0 Å². The quantitative estimate of drug-likeness (QED) is 0.471. The standard InChI is InChI=1S/C7H14.H2N2/c1-7-5-3-2-4-6-7;1-2/h7H,2-6H2,1H3;1-2H. The van der Waals surface area contributed by atoms with Crippen LogP contribution in [0.5, 0.6) is 0 Å². The van der Waals surface area contributed by atoms with Crippen molar-refractivity contribution in [2.75, 3.05) is 0 Å². The highest BCUT2D eigenvalue weighted by Crippen LogP contribution is 2.21. The van der Waals surface area contributed by atoms with Crippen molar-refractivity contribution < 1.29 is 0 Å². The van der Waals surface area contributed by atoms with E-state index in [9.17, 15) is 0 Å². The first kappa shape index (κ1) is 8.60. The van der Waals surface area contributed by atoms with Gasteiger partial charge in [-0.15, -0.1) is 0 Å². The van der Waals surface area contributed by atoms with Crippen LogP contribution in [0.2, 0.25) is 0 Å². The van der Waals surface area contributed by atoms with Gasteiger partial charge in [-0.25, -0.2) is 11.1 Å². The van der Waals surface area contributed by atoms with E-state index in [1.807, 2.05) is 0 Å². The molecule has 0 unspecified atom stereocenters. The van der Waals surface area contributed by atoms with E-state index in [-0.39, 0.29) is 0 Å². The smallest absolute Gasteiger partial charge is 0.0443 e. The Morgan fingerprint density at radius 3 is 1.67 bits per heavy atom. The largest absolute Gasteiger partial charge is 0.213 e. The van der Waals surface area contributed by atoms with Gasteiger partial charge < -0.3 is 0 Å². The van der Waals surface area contributed by atoms with Crippen LogP contribution in [0, 0.1) is 17.0 Å². The first-order chi connectivity index (χ1) is 4.39. The van der Waals surface area contributed by atoms with Crippen LogP contribution in [0.4, 0.5) is 0 Å². The molecule has 0 atom stereocenters. The number of nitrogens with one attached hydrogen (secondary N) is 2. The Morgan fingerprint density at radius 2 is 1.44 bits per heavy atom.